The number of hydrogen-bond donors (Lipinski definition) is 1. The third-order valence-corrected chi connectivity index (χ3v) is 4.52. The molecule has 3 rings (SSSR count). The van der Waals surface area contributed by atoms with Crippen LogP contribution in [0.15, 0.2) is 18.2 Å². The Morgan fingerprint density at radius 3 is 2.81 bits per heavy atom. The van der Waals surface area contributed by atoms with Crippen LogP contribution in [0, 0.1) is 0 Å². The molecule has 26 heavy (non-hydrogen) atoms. The van der Waals surface area contributed by atoms with Crippen molar-refractivity contribution in [1.82, 2.24) is 10.2 Å². The molecule has 8 heteroatoms. The summed E-state index contributed by atoms with van der Waals surface area (Å²) in [6, 6.07) is 5.06. The molecule has 0 radical (unpaired) electrons. The minimum atomic E-state index is -2.91. The van der Waals surface area contributed by atoms with Crippen molar-refractivity contribution in [2.45, 2.75) is 44.5 Å². The van der Waals surface area contributed by atoms with Crippen LogP contribution in [0.5, 0.6) is 11.5 Å². The van der Waals surface area contributed by atoms with Crippen molar-refractivity contribution < 1.29 is 27.8 Å². The van der Waals surface area contributed by atoms with Crippen LogP contribution in [0.4, 0.5) is 8.78 Å². The van der Waals surface area contributed by atoms with Crippen LogP contribution in [-0.2, 0) is 16.1 Å². The van der Waals surface area contributed by atoms with Crippen molar-refractivity contribution in [3.63, 3.8) is 0 Å². The van der Waals surface area contributed by atoms with Crippen LogP contribution in [0.1, 0.15) is 24.8 Å². The molecule has 0 bridgehead atoms. The SMILES string of the molecule is COc1cc(CN(C(=O)CC2COCCN2)C2CC2)ccc1OC(F)F. The smallest absolute Gasteiger partial charge is 0.387 e. The molecule has 2 fully saturated rings. The molecule has 1 unspecified atom stereocenters. The lowest BCUT2D eigenvalue weighted by Gasteiger charge is -2.28. The predicted molar refractivity (Wildman–Crippen MR) is 90.4 cm³/mol. The molecule has 0 aromatic heterocycles. The van der Waals surface area contributed by atoms with E-state index in [4.69, 9.17) is 9.47 Å². The van der Waals surface area contributed by atoms with E-state index in [0.29, 0.717) is 26.2 Å². The third kappa shape index (κ3) is 5.04. The van der Waals surface area contributed by atoms with Crippen LogP contribution in [0.25, 0.3) is 0 Å². The molecule has 0 spiro atoms. The highest BCUT2D eigenvalue weighted by Gasteiger charge is 2.33. The zero-order valence-corrected chi connectivity index (χ0v) is 14.7. The van der Waals surface area contributed by atoms with Gasteiger partial charge in [-0.05, 0) is 30.5 Å². The summed E-state index contributed by atoms with van der Waals surface area (Å²) in [6.07, 6.45) is 2.37. The van der Waals surface area contributed by atoms with E-state index in [1.54, 1.807) is 12.1 Å². The van der Waals surface area contributed by atoms with E-state index >= 15 is 0 Å². The number of methoxy groups -OCH3 is 1. The highest BCUT2D eigenvalue weighted by atomic mass is 19.3. The molecule has 6 nitrogen and oxygen atoms in total. The summed E-state index contributed by atoms with van der Waals surface area (Å²) in [7, 11) is 1.40. The van der Waals surface area contributed by atoms with Gasteiger partial charge in [0.1, 0.15) is 0 Å². The monoisotopic (exact) mass is 370 g/mol. The fourth-order valence-corrected chi connectivity index (χ4v) is 3.09. The number of amides is 1. The standard InChI is InChI=1S/C18H24F2N2O4/c1-24-16-8-12(2-5-15(16)26-18(19)20)10-22(14-3-4-14)17(23)9-13-11-25-7-6-21-13/h2,5,8,13-14,18,21H,3-4,6-7,9-11H2,1H3. The van der Waals surface area contributed by atoms with Gasteiger partial charge in [0.15, 0.2) is 11.5 Å². The van der Waals surface area contributed by atoms with E-state index in [0.717, 1.165) is 24.9 Å². The molecule has 1 N–H and O–H groups in total. The number of carbonyl (C=O) groups is 1. The summed E-state index contributed by atoms with van der Waals surface area (Å²) in [5.41, 5.74) is 0.816. The fraction of sp³-hybridized carbons (Fsp3) is 0.611. The van der Waals surface area contributed by atoms with Crippen molar-refractivity contribution >= 4 is 5.91 Å². The molecule has 1 atom stereocenters. The maximum absolute atomic E-state index is 12.7. The molecule has 1 heterocycles. The summed E-state index contributed by atoms with van der Waals surface area (Å²) in [5.74, 6) is 0.287. The Balaban J connectivity index is 1.66. The van der Waals surface area contributed by atoms with Gasteiger partial charge in [-0.25, -0.2) is 0 Å². The molecule has 1 saturated carbocycles. The molecule has 1 amide bonds. The van der Waals surface area contributed by atoms with E-state index in [9.17, 15) is 13.6 Å². The number of benzene rings is 1. The van der Waals surface area contributed by atoms with Crippen molar-refractivity contribution in [1.29, 1.82) is 0 Å². The van der Waals surface area contributed by atoms with Crippen LogP contribution in [0.2, 0.25) is 0 Å². The second kappa shape index (κ2) is 8.64. The summed E-state index contributed by atoms with van der Waals surface area (Å²) < 4.78 is 39.9. The van der Waals surface area contributed by atoms with Gasteiger partial charge in [-0.3, -0.25) is 4.79 Å². The zero-order chi connectivity index (χ0) is 18.5. The average molecular weight is 370 g/mol. The third-order valence-electron chi connectivity index (χ3n) is 4.52. The van der Waals surface area contributed by atoms with Gasteiger partial charge < -0.3 is 24.4 Å². The summed E-state index contributed by atoms with van der Waals surface area (Å²) >= 11 is 0. The Labute approximate surface area is 151 Å². The number of ether oxygens (including phenoxy) is 3. The molecule has 2 aliphatic rings. The number of morpholine rings is 1. The fourth-order valence-electron chi connectivity index (χ4n) is 3.09. The van der Waals surface area contributed by atoms with Gasteiger partial charge in [-0.1, -0.05) is 6.07 Å². The summed E-state index contributed by atoms with van der Waals surface area (Å²) in [5, 5.41) is 3.29. The second-order valence-corrected chi connectivity index (χ2v) is 6.55. The van der Waals surface area contributed by atoms with E-state index in [-0.39, 0.29) is 29.5 Å². The lowest BCUT2D eigenvalue weighted by Crippen LogP contribution is -2.45. The van der Waals surface area contributed by atoms with Crippen molar-refractivity contribution in [3.8, 4) is 11.5 Å². The van der Waals surface area contributed by atoms with Gasteiger partial charge in [0.2, 0.25) is 5.91 Å². The first kappa shape index (κ1) is 18.8. The van der Waals surface area contributed by atoms with Crippen LogP contribution in [-0.4, -0.2) is 56.4 Å². The average Bonchev–Trinajstić information content (AvgIpc) is 3.46. The van der Waals surface area contributed by atoms with Crippen LogP contribution < -0.4 is 14.8 Å². The first-order valence-corrected chi connectivity index (χ1v) is 8.79. The summed E-state index contributed by atoms with van der Waals surface area (Å²) in [6.45, 7) is -0.529. The van der Waals surface area contributed by atoms with Gasteiger partial charge in [-0.2, -0.15) is 8.78 Å². The first-order valence-electron chi connectivity index (χ1n) is 8.79. The Morgan fingerprint density at radius 2 is 2.19 bits per heavy atom. The first-order chi connectivity index (χ1) is 12.6. The quantitative estimate of drug-likeness (QED) is 0.760. The van der Waals surface area contributed by atoms with Gasteiger partial charge in [0.05, 0.1) is 20.3 Å². The van der Waals surface area contributed by atoms with Gasteiger partial charge in [0, 0.05) is 31.6 Å². The Morgan fingerprint density at radius 1 is 1.38 bits per heavy atom. The molecule has 1 saturated heterocycles. The minimum absolute atomic E-state index is 0.0147. The molecular formula is C18H24F2N2O4. The van der Waals surface area contributed by atoms with Gasteiger partial charge >= 0.3 is 6.61 Å². The van der Waals surface area contributed by atoms with Crippen molar-refractivity contribution in [2.24, 2.45) is 0 Å². The molecule has 1 aliphatic heterocycles. The topological polar surface area (TPSA) is 60.0 Å². The highest BCUT2D eigenvalue weighted by molar-refractivity contribution is 5.77. The van der Waals surface area contributed by atoms with Gasteiger partial charge in [-0.15, -0.1) is 0 Å². The predicted octanol–water partition coefficient (Wildman–Crippen LogP) is 2.17. The number of nitrogens with zero attached hydrogens (tertiary/aromatic N) is 1. The molecule has 1 aromatic rings. The van der Waals surface area contributed by atoms with E-state index in [1.165, 1.54) is 13.2 Å². The van der Waals surface area contributed by atoms with Crippen LogP contribution >= 0.6 is 0 Å². The zero-order valence-electron chi connectivity index (χ0n) is 14.7. The number of carbonyl (C=O) groups excluding carboxylic acids is 1. The minimum Gasteiger partial charge on any atom is -0.493 e. The van der Waals surface area contributed by atoms with E-state index in [2.05, 4.69) is 10.1 Å². The lowest BCUT2D eigenvalue weighted by atomic mass is 10.1. The molecule has 1 aliphatic carbocycles. The molecule has 1 aromatic carbocycles. The Bertz CT molecular complexity index is 619. The number of halogens is 2. The number of rotatable bonds is 8. The van der Waals surface area contributed by atoms with Crippen molar-refractivity contribution in [3.05, 3.63) is 23.8 Å². The Kier molecular flexibility index (Phi) is 6.26. The Hall–Kier alpha value is -1.93. The maximum Gasteiger partial charge on any atom is 0.387 e. The number of hydrogen-bond acceptors (Lipinski definition) is 5. The molecular weight excluding hydrogens is 346 g/mol. The second-order valence-electron chi connectivity index (χ2n) is 6.55. The number of alkyl halides is 2. The largest absolute Gasteiger partial charge is 0.493 e. The highest BCUT2D eigenvalue weighted by Crippen LogP contribution is 2.33. The van der Waals surface area contributed by atoms with Gasteiger partial charge in [0.25, 0.3) is 0 Å². The van der Waals surface area contributed by atoms with Crippen molar-refractivity contribution in [2.75, 3.05) is 26.9 Å². The number of nitrogens with one attached hydrogen (secondary N) is 1. The van der Waals surface area contributed by atoms with E-state index in [1.807, 2.05) is 4.90 Å². The maximum atomic E-state index is 12.7. The van der Waals surface area contributed by atoms with Crippen LogP contribution in [0.3, 0.4) is 0 Å². The van der Waals surface area contributed by atoms with E-state index < -0.39 is 6.61 Å². The summed E-state index contributed by atoms with van der Waals surface area (Å²) in [4.78, 5) is 14.6. The molecule has 144 valence electrons. The lowest BCUT2D eigenvalue weighted by molar-refractivity contribution is -0.133. The normalized spacial score (nSPS) is 20.1.